The highest BCUT2D eigenvalue weighted by Crippen LogP contribution is 2.25. The van der Waals surface area contributed by atoms with E-state index >= 15 is 0 Å². The third kappa shape index (κ3) is 6.01. The fraction of sp³-hybridized carbons (Fsp3) is 0.533. The van der Waals surface area contributed by atoms with Gasteiger partial charge >= 0.3 is 0 Å². The second-order valence-electron chi connectivity index (χ2n) is 5.32. The Morgan fingerprint density at radius 2 is 2.05 bits per heavy atom. The van der Waals surface area contributed by atoms with E-state index in [0.29, 0.717) is 24.9 Å². The minimum atomic E-state index is -0.410. The Hall–Kier alpha value is -1.79. The quantitative estimate of drug-likeness (QED) is 0.554. The summed E-state index contributed by atoms with van der Waals surface area (Å²) in [6.45, 7) is 1.18. The van der Waals surface area contributed by atoms with Crippen molar-refractivity contribution in [3.8, 4) is 11.5 Å². The lowest BCUT2D eigenvalue weighted by atomic mass is 9.95. The van der Waals surface area contributed by atoms with Crippen molar-refractivity contribution in [1.29, 1.82) is 0 Å². The first-order valence-corrected chi connectivity index (χ1v) is 6.98. The van der Waals surface area contributed by atoms with Crippen molar-refractivity contribution in [2.24, 2.45) is 5.92 Å². The largest absolute Gasteiger partial charge is 0.508 e. The molecule has 1 aromatic rings. The maximum Gasteiger partial charge on any atom is 0.223 e. The number of aromatic hydroxyl groups is 2. The van der Waals surface area contributed by atoms with Crippen molar-refractivity contribution in [3.63, 3.8) is 0 Å². The van der Waals surface area contributed by atoms with Crippen LogP contribution in [-0.4, -0.2) is 59.9 Å². The molecule has 0 saturated carbocycles. The molecule has 1 aromatic carbocycles. The molecular weight excluding hydrogens is 272 g/mol. The molecule has 4 N–H and O–H groups in total. The second-order valence-corrected chi connectivity index (χ2v) is 5.32. The Morgan fingerprint density at radius 3 is 2.62 bits per heavy atom. The Morgan fingerprint density at radius 1 is 1.33 bits per heavy atom. The molecule has 118 valence electrons. The van der Waals surface area contributed by atoms with Crippen LogP contribution in [0.2, 0.25) is 0 Å². The lowest BCUT2D eigenvalue weighted by Crippen LogP contribution is -2.36. The van der Waals surface area contributed by atoms with Gasteiger partial charge in [0.05, 0.1) is 0 Å². The Balaban J connectivity index is 2.65. The number of carbonyl (C=O) groups is 1. The third-order valence-corrected chi connectivity index (χ3v) is 3.24. The van der Waals surface area contributed by atoms with Gasteiger partial charge in [-0.3, -0.25) is 4.79 Å². The number of phenolic OH excluding ortho intramolecular Hbond substituents is 2. The fourth-order valence-electron chi connectivity index (χ4n) is 2.02. The highest BCUT2D eigenvalue weighted by Gasteiger charge is 2.19. The molecule has 1 amide bonds. The first-order chi connectivity index (χ1) is 9.93. The summed E-state index contributed by atoms with van der Waals surface area (Å²) in [6, 6.07) is 4.30. The minimum Gasteiger partial charge on any atom is -0.508 e. The van der Waals surface area contributed by atoms with Crippen LogP contribution in [0.1, 0.15) is 12.0 Å². The van der Waals surface area contributed by atoms with Gasteiger partial charge in [0.1, 0.15) is 11.5 Å². The predicted octanol–water partition coefficient (Wildman–Crippen LogP) is 0.317. The number of amides is 1. The molecule has 0 aromatic heterocycles. The van der Waals surface area contributed by atoms with Gasteiger partial charge in [-0.15, -0.1) is 0 Å². The predicted molar refractivity (Wildman–Crippen MR) is 80.2 cm³/mol. The Bertz CT molecular complexity index is 463. The number of nitrogens with zero attached hydrogens (tertiary/aromatic N) is 1. The maximum atomic E-state index is 12.1. The summed E-state index contributed by atoms with van der Waals surface area (Å²) < 4.78 is 0. The van der Waals surface area contributed by atoms with Crippen molar-refractivity contribution < 1.29 is 20.1 Å². The molecule has 0 aliphatic heterocycles. The third-order valence-electron chi connectivity index (χ3n) is 3.24. The van der Waals surface area contributed by atoms with Gasteiger partial charge in [0.2, 0.25) is 5.91 Å². The van der Waals surface area contributed by atoms with Crippen LogP contribution in [0.4, 0.5) is 0 Å². The van der Waals surface area contributed by atoms with Crippen molar-refractivity contribution >= 4 is 5.91 Å². The zero-order valence-corrected chi connectivity index (χ0v) is 12.5. The summed E-state index contributed by atoms with van der Waals surface area (Å²) in [5.41, 5.74) is 0.578. The lowest BCUT2D eigenvalue weighted by Gasteiger charge is -2.18. The van der Waals surface area contributed by atoms with E-state index in [1.54, 1.807) is 6.07 Å². The number of carbonyl (C=O) groups excluding carboxylic acids is 1. The van der Waals surface area contributed by atoms with Crippen molar-refractivity contribution in [2.75, 3.05) is 33.8 Å². The molecule has 0 heterocycles. The minimum absolute atomic E-state index is 0.0228. The Labute approximate surface area is 125 Å². The van der Waals surface area contributed by atoms with Crippen molar-refractivity contribution in [2.45, 2.75) is 12.8 Å². The van der Waals surface area contributed by atoms with Gasteiger partial charge in [-0.2, -0.15) is 0 Å². The molecule has 6 heteroatoms. The fourth-order valence-corrected chi connectivity index (χ4v) is 2.02. The smallest absolute Gasteiger partial charge is 0.223 e. The van der Waals surface area contributed by atoms with Crippen LogP contribution in [0.3, 0.4) is 0 Å². The van der Waals surface area contributed by atoms with Crippen LogP contribution in [0.5, 0.6) is 11.5 Å². The molecule has 1 rings (SSSR count). The topological polar surface area (TPSA) is 93.0 Å². The molecule has 1 atom stereocenters. The molecule has 0 spiro atoms. The molecule has 21 heavy (non-hydrogen) atoms. The van der Waals surface area contributed by atoms with E-state index in [4.69, 9.17) is 5.11 Å². The molecule has 0 aliphatic carbocycles. The Kier molecular flexibility index (Phi) is 6.98. The van der Waals surface area contributed by atoms with Crippen LogP contribution >= 0.6 is 0 Å². The molecule has 0 fully saturated rings. The molecule has 0 bridgehead atoms. The van der Waals surface area contributed by atoms with E-state index < -0.39 is 5.92 Å². The van der Waals surface area contributed by atoms with E-state index in [1.807, 2.05) is 19.0 Å². The van der Waals surface area contributed by atoms with Gasteiger partial charge in [-0.25, -0.2) is 0 Å². The van der Waals surface area contributed by atoms with Crippen LogP contribution in [0, 0.1) is 5.92 Å². The summed E-state index contributed by atoms with van der Waals surface area (Å²) in [5.74, 6) is -0.615. The van der Waals surface area contributed by atoms with E-state index in [0.717, 1.165) is 6.54 Å². The summed E-state index contributed by atoms with van der Waals surface area (Å²) in [7, 11) is 3.84. The summed E-state index contributed by atoms with van der Waals surface area (Å²) in [6.07, 6.45) is 0.647. The molecule has 0 aliphatic rings. The van der Waals surface area contributed by atoms with Crippen molar-refractivity contribution in [1.82, 2.24) is 10.2 Å². The molecule has 1 unspecified atom stereocenters. The number of aliphatic hydroxyl groups excluding tert-OH is 1. The van der Waals surface area contributed by atoms with E-state index in [2.05, 4.69) is 5.32 Å². The summed E-state index contributed by atoms with van der Waals surface area (Å²) in [4.78, 5) is 14.1. The number of phenols is 2. The molecule has 0 radical (unpaired) electrons. The standard InChI is InChI=1S/C15H24N2O4/c1-17(2)7-6-16-15(21)12(5-8-18)9-11-3-4-13(19)10-14(11)20/h3-4,10,12,18-20H,5-9H2,1-2H3,(H,16,21). The summed E-state index contributed by atoms with van der Waals surface area (Å²) in [5, 5.41) is 31.0. The van der Waals surface area contributed by atoms with Gasteiger partial charge in [-0.05, 0) is 38.6 Å². The monoisotopic (exact) mass is 296 g/mol. The van der Waals surface area contributed by atoms with Gasteiger partial charge in [0, 0.05) is 31.7 Å². The number of benzene rings is 1. The lowest BCUT2D eigenvalue weighted by molar-refractivity contribution is -0.125. The summed E-state index contributed by atoms with van der Waals surface area (Å²) >= 11 is 0. The van der Waals surface area contributed by atoms with Gasteiger partial charge in [0.15, 0.2) is 0 Å². The first kappa shape index (κ1) is 17.3. The number of hydrogen-bond donors (Lipinski definition) is 4. The van der Waals surface area contributed by atoms with Crippen LogP contribution in [0.15, 0.2) is 18.2 Å². The number of rotatable bonds is 8. The van der Waals surface area contributed by atoms with E-state index in [1.165, 1.54) is 12.1 Å². The average Bonchev–Trinajstić information content (AvgIpc) is 2.40. The highest BCUT2D eigenvalue weighted by molar-refractivity contribution is 5.79. The maximum absolute atomic E-state index is 12.1. The van der Waals surface area contributed by atoms with Crippen LogP contribution in [-0.2, 0) is 11.2 Å². The van der Waals surface area contributed by atoms with Crippen LogP contribution in [0.25, 0.3) is 0 Å². The van der Waals surface area contributed by atoms with Gasteiger partial charge < -0.3 is 25.5 Å². The number of nitrogens with one attached hydrogen (secondary N) is 1. The van der Waals surface area contributed by atoms with Crippen molar-refractivity contribution in [3.05, 3.63) is 23.8 Å². The molecule has 6 nitrogen and oxygen atoms in total. The number of hydrogen-bond acceptors (Lipinski definition) is 5. The normalized spacial score (nSPS) is 12.4. The SMILES string of the molecule is CN(C)CCNC(=O)C(CCO)Cc1ccc(O)cc1O. The average molecular weight is 296 g/mol. The van der Waals surface area contributed by atoms with E-state index in [-0.39, 0.29) is 24.0 Å². The zero-order chi connectivity index (χ0) is 15.8. The second kappa shape index (κ2) is 8.49. The first-order valence-electron chi connectivity index (χ1n) is 6.98. The highest BCUT2D eigenvalue weighted by atomic mass is 16.3. The number of likely N-dealkylation sites (N-methyl/N-ethyl adjacent to an activating group) is 1. The van der Waals surface area contributed by atoms with Crippen LogP contribution < -0.4 is 5.32 Å². The number of aliphatic hydroxyl groups is 1. The zero-order valence-electron chi connectivity index (χ0n) is 12.5. The van der Waals surface area contributed by atoms with Gasteiger partial charge in [0.25, 0.3) is 0 Å². The van der Waals surface area contributed by atoms with E-state index in [9.17, 15) is 15.0 Å². The van der Waals surface area contributed by atoms with Gasteiger partial charge in [-0.1, -0.05) is 6.07 Å². The molecule has 0 saturated heterocycles. The molecular formula is C15H24N2O4.